The SMILES string of the molecule is CSCC(CCO)NC(=O)c1sc(-c2ccc(C)o2)nc1C. The van der Waals surface area contributed by atoms with Crippen LogP contribution in [0.3, 0.4) is 0 Å². The molecule has 1 atom stereocenters. The number of aliphatic hydroxyl groups excluding tert-OH is 1. The van der Waals surface area contributed by atoms with Gasteiger partial charge in [0.1, 0.15) is 10.6 Å². The number of hydrogen-bond donors (Lipinski definition) is 2. The molecule has 0 saturated carbocycles. The van der Waals surface area contributed by atoms with E-state index in [0.717, 1.165) is 11.5 Å². The Labute approximate surface area is 138 Å². The Balaban J connectivity index is 2.14. The van der Waals surface area contributed by atoms with Crippen molar-refractivity contribution in [2.24, 2.45) is 0 Å². The molecule has 0 aliphatic rings. The molecule has 0 radical (unpaired) electrons. The van der Waals surface area contributed by atoms with Gasteiger partial charge in [-0.05, 0) is 38.7 Å². The van der Waals surface area contributed by atoms with Gasteiger partial charge in [0.15, 0.2) is 10.8 Å². The van der Waals surface area contributed by atoms with Crippen LogP contribution < -0.4 is 5.32 Å². The van der Waals surface area contributed by atoms with Gasteiger partial charge in [0, 0.05) is 18.4 Å². The van der Waals surface area contributed by atoms with E-state index in [2.05, 4.69) is 10.3 Å². The summed E-state index contributed by atoms with van der Waals surface area (Å²) in [6, 6.07) is 3.70. The minimum absolute atomic E-state index is 0.0386. The highest BCUT2D eigenvalue weighted by atomic mass is 32.2. The van der Waals surface area contributed by atoms with Crippen molar-refractivity contribution in [3.8, 4) is 10.8 Å². The molecule has 0 aliphatic carbocycles. The second-order valence-corrected chi connectivity index (χ2v) is 6.89. The third kappa shape index (κ3) is 4.12. The zero-order valence-corrected chi connectivity index (χ0v) is 14.5. The van der Waals surface area contributed by atoms with Crippen molar-refractivity contribution < 1.29 is 14.3 Å². The number of aromatic nitrogens is 1. The normalized spacial score (nSPS) is 12.4. The van der Waals surface area contributed by atoms with E-state index in [9.17, 15) is 4.79 Å². The molecule has 1 amide bonds. The van der Waals surface area contributed by atoms with E-state index in [1.807, 2.05) is 32.2 Å². The summed E-state index contributed by atoms with van der Waals surface area (Å²) in [6.45, 7) is 3.75. The van der Waals surface area contributed by atoms with Gasteiger partial charge in [-0.25, -0.2) is 4.98 Å². The molecule has 120 valence electrons. The zero-order valence-electron chi connectivity index (χ0n) is 12.9. The first-order valence-electron chi connectivity index (χ1n) is 7.00. The van der Waals surface area contributed by atoms with Crippen LogP contribution in [0, 0.1) is 13.8 Å². The largest absolute Gasteiger partial charge is 0.459 e. The van der Waals surface area contributed by atoms with Gasteiger partial charge in [-0.3, -0.25) is 4.79 Å². The van der Waals surface area contributed by atoms with Crippen LogP contribution in [0.5, 0.6) is 0 Å². The lowest BCUT2D eigenvalue weighted by molar-refractivity contribution is 0.0938. The van der Waals surface area contributed by atoms with Gasteiger partial charge in [-0.1, -0.05) is 0 Å². The van der Waals surface area contributed by atoms with Crippen LogP contribution in [-0.2, 0) is 0 Å². The number of amides is 1. The summed E-state index contributed by atoms with van der Waals surface area (Å²) < 4.78 is 5.56. The summed E-state index contributed by atoms with van der Waals surface area (Å²) in [7, 11) is 0. The number of rotatable bonds is 7. The minimum atomic E-state index is -0.142. The molecule has 22 heavy (non-hydrogen) atoms. The lowest BCUT2D eigenvalue weighted by atomic mass is 10.2. The molecular weight excluding hydrogens is 320 g/mol. The molecule has 2 N–H and O–H groups in total. The van der Waals surface area contributed by atoms with Crippen molar-refractivity contribution in [2.75, 3.05) is 18.6 Å². The Kier molecular flexibility index (Phi) is 6.05. The molecule has 0 spiro atoms. The molecule has 2 rings (SSSR count). The van der Waals surface area contributed by atoms with Gasteiger partial charge < -0.3 is 14.8 Å². The third-order valence-corrected chi connectivity index (χ3v) is 5.04. The van der Waals surface area contributed by atoms with E-state index in [-0.39, 0.29) is 18.6 Å². The maximum absolute atomic E-state index is 12.4. The molecule has 2 heterocycles. The fraction of sp³-hybridized carbons (Fsp3) is 0.467. The van der Waals surface area contributed by atoms with Crippen molar-refractivity contribution in [3.05, 3.63) is 28.5 Å². The Morgan fingerprint density at radius 1 is 1.50 bits per heavy atom. The lowest BCUT2D eigenvalue weighted by Crippen LogP contribution is -2.37. The van der Waals surface area contributed by atoms with Crippen LogP contribution in [0.1, 0.15) is 27.5 Å². The van der Waals surface area contributed by atoms with Crippen molar-refractivity contribution in [2.45, 2.75) is 26.3 Å². The number of nitrogens with zero attached hydrogens (tertiary/aromatic N) is 1. The third-order valence-electron chi connectivity index (χ3n) is 3.13. The van der Waals surface area contributed by atoms with Crippen LogP contribution in [-0.4, -0.2) is 40.7 Å². The number of carbonyl (C=O) groups excluding carboxylic acids is 1. The number of carbonyl (C=O) groups is 1. The van der Waals surface area contributed by atoms with Crippen LogP contribution in [0.4, 0.5) is 0 Å². The van der Waals surface area contributed by atoms with Gasteiger partial charge in [-0.2, -0.15) is 11.8 Å². The number of aliphatic hydroxyl groups is 1. The van der Waals surface area contributed by atoms with Crippen molar-refractivity contribution in [1.29, 1.82) is 0 Å². The Morgan fingerprint density at radius 3 is 2.86 bits per heavy atom. The average molecular weight is 340 g/mol. The molecule has 0 saturated heterocycles. The second-order valence-electron chi connectivity index (χ2n) is 4.98. The number of thioether (sulfide) groups is 1. The molecule has 7 heteroatoms. The fourth-order valence-corrected chi connectivity index (χ4v) is 3.65. The van der Waals surface area contributed by atoms with Crippen LogP contribution in [0.25, 0.3) is 10.8 Å². The van der Waals surface area contributed by atoms with Gasteiger partial charge in [0.2, 0.25) is 0 Å². The molecule has 0 fully saturated rings. The molecular formula is C15H20N2O3S2. The van der Waals surface area contributed by atoms with Gasteiger partial charge in [0.05, 0.1) is 5.69 Å². The quantitative estimate of drug-likeness (QED) is 0.810. The Morgan fingerprint density at radius 2 is 2.27 bits per heavy atom. The average Bonchev–Trinajstić information content (AvgIpc) is 3.05. The summed E-state index contributed by atoms with van der Waals surface area (Å²) in [4.78, 5) is 17.4. The fourth-order valence-electron chi connectivity index (χ4n) is 2.07. The first-order chi connectivity index (χ1) is 10.5. The molecule has 0 bridgehead atoms. The summed E-state index contributed by atoms with van der Waals surface area (Å²) in [5, 5.41) is 12.7. The molecule has 2 aromatic heterocycles. The summed E-state index contributed by atoms with van der Waals surface area (Å²) >= 11 is 2.97. The zero-order chi connectivity index (χ0) is 16.1. The highest BCUT2D eigenvalue weighted by molar-refractivity contribution is 7.98. The lowest BCUT2D eigenvalue weighted by Gasteiger charge is -2.16. The smallest absolute Gasteiger partial charge is 0.263 e. The van der Waals surface area contributed by atoms with Crippen LogP contribution >= 0.6 is 23.1 Å². The molecule has 5 nitrogen and oxygen atoms in total. The van der Waals surface area contributed by atoms with E-state index in [0.29, 0.717) is 27.8 Å². The van der Waals surface area contributed by atoms with Gasteiger partial charge in [-0.15, -0.1) is 11.3 Å². The second kappa shape index (κ2) is 7.80. The summed E-state index contributed by atoms with van der Waals surface area (Å²) in [5.41, 5.74) is 0.693. The first-order valence-corrected chi connectivity index (χ1v) is 9.21. The number of furan rings is 1. The molecule has 2 aromatic rings. The highest BCUT2D eigenvalue weighted by Gasteiger charge is 2.20. The molecule has 1 unspecified atom stereocenters. The van der Waals surface area contributed by atoms with E-state index in [1.165, 1.54) is 11.3 Å². The van der Waals surface area contributed by atoms with Crippen molar-refractivity contribution in [1.82, 2.24) is 10.3 Å². The number of nitrogens with one attached hydrogen (secondary N) is 1. The van der Waals surface area contributed by atoms with E-state index < -0.39 is 0 Å². The first kappa shape index (κ1) is 17.1. The topological polar surface area (TPSA) is 75.4 Å². The standard InChI is InChI=1S/C15H20N2O3S2/c1-9-4-5-12(20-9)15-16-10(2)13(22-15)14(19)17-11(6-7-18)8-21-3/h4-5,11,18H,6-8H2,1-3H3,(H,17,19). The van der Waals surface area contributed by atoms with Crippen LogP contribution in [0.15, 0.2) is 16.5 Å². The van der Waals surface area contributed by atoms with Crippen LogP contribution in [0.2, 0.25) is 0 Å². The number of hydrogen-bond acceptors (Lipinski definition) is 6. The van der Waals surface area contributed by atoms with E-state index in [1.54, 1.807) is 11.8 Å². The predicted octanol–water partition coefficient (Wildman–Crippen LogP) is 2.86. The van der Waals surface area contributed by atoms with Gasteiger partial charge in [0.25, 0.3) is 5.91 Å². The van der Waals surface area contributed by atoms with E-state index >= 15 is 0 Å². The maximum Gasteiger partial charge on any atom is 0.263 e. The number of thiazole rings is 1. The molecule has 0 aliphatic heterocycles. The number of aryl methyl sites for hydroxylation is 2. The van der Waals surface area contributed by atoms with E-state index in [4.69, 9.17) is 9.52 Å². The molecule has 0 aromatic carbocycles. The Bertz CT molecular complexity index is 631. The van der Waals surface area contributed by atoms with Crippen molar-refractivity contribution in [3.63, 3.8) is 0 Å². The predicted molar refractivity (Wildman–Crippen MR) is 90.6 cm³/mol. The monoisotopic (exact) mass is 340 g/mol. The summed E-state index contributed by atoms with van der Waals surface area (Å²) in [5.74, 6) is 2.13. The minimum Gasteiger partial charge on any atom is -0.459 e. The highest BCUT2D eigenvalue weighted by Crippen LogP contribution is 2.29. The summed E-state index contributed by atoms with van der Waals surface area (Å²) in [6.07, 6.45) is 2.53. The van der Waals surface area contributed by atoms with Gasteiger partial charge >= 0.3 is 0 Å². The van der Waals surface area contributed by atoms with Crippen molar-refractivity contribution >= 4 is 29.0 Å². The maximum atomic E-state index is 12.4. The Hall–Kier alpha value is -1.31.